The Hall–Kier alpha value is -0.940. The van der Waals surface area contributed by atoms with E-state index in [1.165, 1.54) is 0 Å². The molecule has 2 atom stereocenters. The van der Waals surface area contributed by atoms with Crippen LogP contribution in [-0.4, -0.2) is 24.8 Å². The maximum atomic E-state index is 11.8. The van der Waals surface area contributed by atoms with Gasteiger partial charge in [-0.2, -0.15) is 13.2 Å². The number of rotatable bonds is 2. The third-order valence-electron chi connectivity index (χ3n) is 2.63. The minimum Gasteiger partial charge on any atom is -0.335 e. The minimum absolute atomic E-state index is 0.0123. The summed E-state index contributed by atoms with van der Waals surface area (Å²) in [6, 6.07) is -0.718. The van der Waals surface area contributed by atoms with Crippen LogP contribution in [0.25, 0.3) is 0 Å². The summed E-state index contributed by atoms with van der Waals surface area (Å²) in [6.07, 6.45) is -1.46. The maximum absolute atomic E-state index is 11.8. The molecule has 88 valence electrons. The number of carbonyl (C=O) groups excluding carboxylic acids is 1. The number of nitrogens with one attached hydrogen (secondary N) is 2. The Morgan fingerprint density at radius 1 is 1.40 bits per heavy atom. The predicted octanol–water partition coefficient (Wildman–Crippen LogP) is 2.04. The zero-order valence-corrected chi connectivity index (χ0v) is 8.53. The zero-order valence-electron chi connectivity index (χ0n) is 8.53. The van der Waals surface area contributed by atoms with Crippen molar-refractivity contribution in [2.75, 3.05) is 6.54 Å². The van der Waals surface area contributed by atoms with E-state index in [0.29, 0.717) is 5.92 Å². The van der Waals surface area contributed by atoms with Gasteiger partial charge in [-0.1, -0.05) is 13.3 Å². The van der Waals surface area contributed by atoms with Crippen molar-refractivity contribution in [1.82, 2.24) is 10.6 Å². The van der Waals surface area contributed by atoms with Crippen molar-refractivity contribution in [1.29, 1.82) is 0 Å². The molecular weight excluding hydrogens is 209 g/mol. The molecule has 0 aromatic carbocycles. The van der Waals surface area contributed by atoms with Gasteiger partial charge in [-0.15, -0.1) is 0 Å². The molecule has 2 amide bonds. The first-order valence-corrected chi connectivity index (χ1v) is 4.99. The molecule has 1 aliphatic carbocycles. The molecule has 6 heteroatoms. The summed E-state index contributed by atoms with van der Waals surface area (Å²) in [6.45, 7) is 0.710. The molecule has 0 radical (unpaired) electrons. The molecule has 0 saturated heterocycles. The fourth-order valence-electron chi connectivity index (χ4n) is 1.76. The number of hydrogen-bond donors (Lipinski definition) is 2. The summed E-state index contributed by atoms with van der Waals surface area (Å²) in [5, 5.41) is 4.35. The third kappa shape index (κ3) is 4.40. The monoisotopic (exact) mass is 224 g/mol. The molecule has 15 heavy (non-hydrogen) atoms. The van der Waals surface area contributed by atoms with Gasteiger partial charge in [-0.25, -0.2) is 4.79 Å². The second-order valence-electron chi connectivity index (χ2n) is 3.96. The Balaban J connectivity index is 2.24. The largest absolute Gasteiger partial charge is 0.405 e. The van der Waals surface area contributed by atoms with E-state index >= 15 is 0 Å². The predicted molar refractivity (Wildman–Crippen MR) is 49.4 cm³/mol. The van der Waals surface area contributed by atoms with E-state index in [1.54, 1.807) is 5.32 Å². The van der Waals surface area contributed by atoms with Crippen LogP contribution in [0.4, 0.5) is 18.0 Å². The van der Waals surface area contributed by atoms with E-state index in [1.807, 2.05) is 6.92 Å². The average molecular weight is 224 g/mol. The smallest absolute Gasteiger partial charge is 0.335 e. The Bertz CT molecular complexity index is 230. The Morgan fingerprint density at radius 2 is 2.07 bits per heavy atom. The van der Waals surface area contributed by atoms with Crippen LogP contribution < -0.4 is 10.6 Å². The summed E-state index contributed by atoms with van der Waals surface area (Å²) < 4.78 is 35.3. The lowest BCUT2D eigenvalue weighted by Crippen LogP contribution is -2.45. The average Bonchev–Trinajstić information content (AvgIpc) is 2.47. The van der Waals surface area contributed by atoms with Crippen molar-refractivity contribution < 1.29 is 18.0 Å². The SMILES string of the molecule is CC1CCCC1NC(=O)NCC(F)(F)F. The van der Waals surface area contributed by atoms with Crippen molar-refractivity contribution in [3.63, 3.8) is 0 Å². The highest BCUT2D eigenvalue weighted by molar-refractivity contribution is 5.74. The first kappa shape index (κ1) is 12.1. The van der Waals surface area contributed by atoms with Gasteiger partial charge < -0.3 is 10.6 Å². The lowest BCUT2D eigenvalue weighted by Gasteiger charge is -2.18. The molecule has 0 aromatic rings. The lowest BCUT2D eigenvalue weighted by molar-refractivity contribution is -0.122. The van der Waals surface area contributed by atoms with E-state index < -0.39 is 18.8 Å². The van der Waals surface area contributed by atoms with Crippen LogP contribution in [0.1, 0.15) is 26.2 Å². The van der Waals surface area contributed by atoms with Gasteiger partial charge in [0, 0.05) is 6.04 Å². The summed E-state index contributed by atoms with van der Waals surface area (Å²) >= 11 is 0. The number of halogens is 3. The summed E-state index contributed by atoms with van der Waals surface area (Å²) in [5.41, 5.74) is 0. The number of hydrogen-bond acceptors (Lipinski definition) is 1. The second-order valence-corrected chi connectivity index (χ2v) is 3.96. The third-order valence-corrected chi connectivity index (χ3v) is 2.63. The molecule has 1 aliphatic rings. The van der Waals surface area contributed by atoms with Crippen molar-refractivity contribution in [2.24, 2.45) is 5.92 Å². The fourth-order valence-corrected chi connectivity index (χ4v) is 1.76. The van der Waals surface area contributed by atoms with E-state index in [2.05, 4.69) is 5.32 Å². The fraction of sp³-hybridized carbons (Fsp3) is 0.889. The highest BCUT2D eigenvalue weighted by Gasteiger charge is 2.29. The first-order chi connectivity index (χ1) is 6.88. The molecule has 0 heterocycles. The molecule has 2 unspecified atom stereocenters. The van der Waals surface area contributed by atoms with Gasteiger partial charge in [0.2, 0.25) is 0 Å². The van der Waals surface area contributed by atoms with Crippen LogP contribution in [0, 0.1) is 5.92 Å². The van der Waals surface area contributed by atoms with E-state index in [9.17, 15) is 18.0 Å². The molecule has 0 bridgehead atoms. The summed E-state index contributed by atoms with van der Waals surface area (Å²) in [5.74, 6) is 0.349. The molecular formula is C9H15F3N2O. The van der Waals surface area contributed by atoms with Crippen LogP contribution in [0.2, 0.25) is 0 Å². The van der Waals surface area contributed by atoms with E-state index in [4.69, 9.17) is 0 Å². The van der Waals surface area contributed by atoms with Gasteiger partial charge >= 0.3 is 12.2 Å². The highest BCUT2D eigenvalue weighted by atomic mass is 19.4. The molecule has 3 nitrogen and oxygen atoms in total. The normalized spacial score (nSPS) is 26.4. The Labute approximate surface area is 86.4 Å². The summed E-state index contributed by atoms with van der Waals surface area (Å²) in [7, 11) is 0. The molecule has 1 fully saturated rings. The van der Waals surface area contributed by atoms with Gasteiger partial charge in [-0.05, 0) is 18.8 Å². The van der Waals surface area contributed by atoms with Crippen molar-refractivity contribution >= 4 is 6.03 Å². The topological polar surface area (TPSA) is 41.1 Å². The maximum Gasteiger partial charge on any atom is 0.405 e. The second kappa shape index (κ2) is 4.72. The zero-order chi connectivity index (χ0) is 11.5. The van der Waals surface area contributed by atoms with E-state index in [0.717, 1.165) is 19.3 Å². The minimum atomic E-state index is -4.35. The lowest BCUT2D eigenvalue weighted by atomic mass is 10.1. The van der Waals surface area contributed by atoms with Gasteiger partial charge in [0.1, 0.15) is 6.54 Å². The number of carbonyl (C=O) groups is 1. The molecule has 1 saturated carbocycles. The van der Waals surface area contributed by atoms with Crippen LogP contribution in [0.5, 0.6) is 0 Å². The van der Waals surface area contributed by atoms with Gasteiger partial charge in [0.05, 0.1) is 0 Å². The molecule has 1 rings (SSSR count). The van der Waals surface area contributed by atoms with Crippen LogP contribution >= 0.6 is 0 Å². The van der Waals surface area contributed by atoms with Crippen molar-refractivity contribution in [2.45, 2.75) is 38.4 Å². The van der Waals surface area contributed by atoms with Crippen LogP contribution in [0.3, 0.4) is 0 Å². The molecule has 0 spiro atoms. The first-order valence-electron chi connectivity index (χ1n) is 4.99. The molecule has 0 aliphatic heterocycles. The highest BCUT2D eigenvalue weighted by Crippen LogP contribution is 2.24. The molecule has 0 aromatic heterocycles. The molecule has 2 N–H and O–H groups in total. The van der Waals surface area contributed by atoms with Gasteiger partial charge in [-0.3, -0.25) is 0 Å². The standard InChI is InChI=1S/C9H15F3N2O/c1-6-3-2-4-7(6)14-8(15)13-5-9(10,11)12/h6-7H,2-5H2,1H3,(H2,13,14,15). The number of amides is 2. The Morgan fingerprint density at radius 3 is 2.53 bits per heavy atom. The van der Waals surface area contributed by atoms with E-state index in [-0.39, 0.29) is 6.04 Å². The quantitative estimate of drug-likeness (QED) is 0.740. The van der Waals surface area contributed by atoms with Crippen LogP contribution in [0.15, 0.2) is 0 Å². The van der Waals surface area contributed by atoms with Gasteiger partial charge in [0.25, 0.3) is 0 Å². The number of urea groups is 1. The number of alkyl halides is 3. The van der Waals surface area contributed by atoms with Crippen LogP contribution in [-0.2, 0) is 0 Å². The van der Waals surface area contributed by atoms with Crippen molar-refractivity contribution in [3.05, 3.63) is 0 Å². The van der Waals surface area contributed by atoms with Gasteiger partial charge in [0.15, 0.2) is 0 Å². The Kier molecular flexibility index (Phi) is 3.82. The van der Waals surface area contributed by atoms with Crippen molar-refractivity contribution in [3.8, 4) is 0 Å². The summed E-state index contributed by atoms with van der Waals surface area (Å²) in [4.78, 5) is 11.1.